The van der Waals surface area contributed by atoms with Crippen LogP contribution in [0.5, 0.6) is 0 Å². The molecule has 4 aromatic carbocycles. The van der Waals surface area contributed by atoms with E-state index in [1.807, 2.05) is 19.1 Å². The fraction of sp³-hybridized carbons (Fsp3) is 0.114. The molecule has 7 nitrogen and oxygen atoms in total. The number of anilines is 1. The second-order valence-corrected chi connectivity index (χ2v) is 11.2. The molecule has 0 saturated heterocycles. The Morgan fingerprint density at radius 2 is 1.49 bits per heavy atom. The van der Waals surface area contributed by atoms with E-state index in [1.54, 1.807) is 91.9 Å². The monoisotopic (exact) mass is 632 g/mol. The average molecular weight is 633 g/mol. The molecule has 212 valence electrons. The Labute approximate surface area is 256 Å². The maximum atomic E-state index is 13.7. The minimum Gasteiger partial charge on any atom is -0.450 e. The number of fused-ring (bicyclic) bond motifs is 2. The molecular formula is C35H25BrN2O5. The molecule has 0 N–H and O–H groups in total. The number of esters is 1. The number of imide groups is 1. The van der Waals surface area contributed by atoms with Crippen LogP contribution in [0.4, 0.5) is 5.69 Å². The minimum atomic E-state index is -0.950. The third-order valence-electron chi connectivity index (χ3n) is 7.47. The molecule has 2 heterocycles. The standard InChI is InChI=1S/C35H25BrN2O5/c1-3-30(32(39)22-9-5-4-6-10-22)43-35(42)28-19-29(37-31-20(2)17-23(36)18-27(28)31)21-13-15-24(16-14-21)38-33(40)25-11-7-8-12-26(25)34(38)41/h4-19,30H,3H2,1-2H3. The molecule has 0 radical (unpaired) electrons. The summed E-state index contributed by atoms with van der Waals surface area (Å²) in [5.74, 6) is -1.65. The summed E-state index contributed by atoms with van der Waals surface area (Å²) in [7, 11) is 0. The normalized spacial score (nSPS) is 13.2. The van der Waals surface area contributed by atoms with Crippen molar-refractivity contribution in [3.63, 3.8) is 0 Å². The predicted octanol–water partition coefficient (Wildman–Crippen LogP) is 7.59. The number of ether oxygens (including phenoxy) is 1. The number of Topliss-reactive ketones (excluding diaryl/α,β-unsaturated/α-hetero) is 1. The SMILES string of the molecule is CCC(OC(=O)c1cc(-c2ccc(N3C(=O)c4ccccc4C3=O)cc2)nc2c(C)cc(Br)cc12)C(=O)c1ccccc1. The smallest absolute Gasteiger partial charge is 0.339 e. The summed E-state index contributed by atoms with van der Waals surface area (Å²) >= 11 is 3.52. The van der Waals surface area contributed by atoms with Crippen molar-refractivity contribution in [3.8, 4) is 11.3 Å². The van der Waals surface area contributed by atoms with Gasteiger partial charge in [-0.1, -0.05) is 77.5 Å². The van der Waals surface area contributed by atoms with Crippen LogP contribution in [0.2, 0.25) is 0 Å². The zero-order valence-electron chi connectivity index (χ0n) is 23.3. The maximum absolute atomic E-state index is 13.7. The quantitative estimate of drug-likeness (QED) is 0.104. The van der Waals surface area contributed by atoms with E-state index in [4.69, 9.17) is 9.72 Å². The molecular weight excluding hydrogens is 608 g/mol. The number of halogens is 1. The lowest BCUT2D eigenvalue weighted by molar-refractivity contribution is 0.0279. The van der Waals surface area contributed by atoms with E-state index < -0.39 is 12.1 Å². The van der Waals surface area contributed by atoms with E-state index in [1.165, 1.54) is 0 Å². The van der Waals surface area contributed by atoms with Crippen LogP contribution in [0.3, 0.4) is 0 Å². The Morgan fingerprint density at radius 3 is 2.12 bits per heavy atom. The van der Waals surface area contributed by atoms with Gasteiger partial charge in [0.25, 0.3) is 11.8 Å². The molecule has 0 spiro atoms. The van der Waals surface area contributed by atoms with E-state index in [0.717, 1.165) is 14.9 Å². The first-order valence-electron chi connectivity index (χ1n) is 13.8. The molecule has 0 bridgehead atoms. The second-order valence-electron chi connectivity index (χ2n) is 10.2. The number of carbonyl (C=O) groups is 4. The lowest BCUT2D eigenvalue weighted by atomic mass is 10.0. The number of rotatable bonds is 7. The van der Waals surface area contributed by atoms with Crippen LogP contribution in [0.15, 0.2) is 102 Å². The van der Waals surface area contributed by atoms with Crippen molar-refractivity contribution < 1.29 is 23.9 Å². The van der Waals surface area contributed by atoms with Gasteiger partial charge in [0.05, 0.1) is 33.6 Å². The van der Waals surface area contributed by atoms with Gasteiger partial charge in [-0.3, -0.25) is 14.4 Å². The summed E-state index contributed by atoms with van der Waals surface area (Å²) in [6.45, 7) is 3.70. The number of hydrogen-bond donors (Lipinski definition) is 0. The van der Waals surface area contributed by atoms with Crippen molar-refractivity contribution in [2.45, 2.75) is 26.4 Å². The van der Waals surface area contributed by atoms with Gasteiger partial charge in [0.1, 0.15) is 0 Å². The highest BCUT2D eigenvalue weighted by Crippen LogP contribution is 2.33. The van der Waals surface area contributed by atoms with E-state index in [9.17, 15) is 19.2 Å². The molecule has 8 heteroatoms. The molecule has 43 heavy (non-hydrogen) atoms. The summed E-state index contributed by atoms with van der Waals surface area (Å²) < 4.78 is 6.59. The average Bonchev–Trinajstić information content (AvgIpc) is 3.28. The highest BCUT2D eigenvalue weighted by molar-refractivity contribution is 9.10. The zero-order chi connectivity index (χ0) is 30.2. The van der Waals surface area contributed by atoms with Gasteiger partial charge in [-0.05, 0) is 61.4 Å². The molecule has 1 aliphatic heterocycles. The van der Waals surface area contributed by atoms with Gasteiger partial charge < -0.3 is 4.74 Å². The van der Waals surface area contributed by atoms with Crippen LogP contribution in [-0.2, 0) is 4.74 Å². The third-order valence-corrected chi connectivity index (χ3v) is 7.93. The van der Waals surface area contributed by atoms with Gasteiger partial charge in [0.2, 0.25) is 5.78 Å². The van der Waals surface area contributed by atoms with E-state index in [2.05, 4.69) is 15.9 Å². The lowest BCUT2D eigenvalue weighted by Gasteiger charge is -2.17. The molecule has 1 aromatic heterocycles. The van der Waals surface area contributed by atoms with Crippen molar-refractivity contribution in [2.24, 2.45) is 0 Å². The summed E-state index contributed by atoms with van der Waals surface area (Å²) in [6, 6.07) is 27.7. The van der Waals surface area contributed by atoms with Crippen LogP contribution in [0.1, 0.15) is 60.3 Å². The Hall–Kier alpha value is -4.95. The molecule has 1 atom stereocenters. The first-order chi connectivity index (χ1) is 20.8. The van der Waals surface area contributed by atoms with Crippen LogP contribution in [-0.4, -0.2) is 34.7 Å². The number of carbonyl (C=O) groups excluding carboxylic acids is 4. The summed E-state index contributed by atoms with van der Waals surface area (Å²) in [5.41, 5.74) is 4.54. The molecule has 0 saturated carbocycles. The topological polar surface area (TPSA) is 93.6 Å². The van der Waals surface area contributed by atoms with Crippen LogP contribution >= 0.6 is 15.9 Å². The number of hydrogen-bond acceptors (Lipinski definition) is 6. The molecule has 6 rings (SSSR count). The van der Waals surface area contributed by atoms with Gasteiger partial charge in [-0.25, -0.2) is 14.7 Å². The van der Waals surface area contributed by atoms with Gasteiger partial charge in [-0.2, -0.15) is 0 Å². The van der Waals surface area contributed by atoms with Crippen molar-refractivity contribution in [1.29, 1.82) is 0 Å². The van der Waals surface area contributed by atoms with Gasteiger partial charge >= 0.3 is 5.97 Å². The molecule has 1 unspecified atom stereocenters. The lowest BCUT2D eigenvalue weighted by Crippen LogP contribution is -2.29. The van der Waals surface area contributed by atoms with Gasteiger partial charge in [0, 0.05) is 21.0 Å². The van der Waals surface area contributed by atoms with Gasteiger partial charge in [-0.15, -0.1) is 0 Å². The van der Waals surface area contributed by atoms with E-state index in [-0.39, 0.29) is 23.2 Å². The predicted molar refractivity (Wildman–Crippen MR) is 167 cm³/mol. The fourth-order valence-electron chi connectivity index (χ4n) is 5.28. The number of benzene rings is 4. The molecule has 1 aliphatic rings. The second kappa shape index (κ2) is 11.4. The van der Waals surface area contributed by atoms with Crippen molar-refractivity contribution >= 4 is 56.1 Å². The van der Waals surface area contributed by atoms with Crippen molar-refractivity contribution in [2.75, 3.05) is 4.90 Å². The molecule has 2 amide bonds. The number of amides is 2. The molecule has 0 aliphatic carbocycles. The Balaban J connectivity index is 1.36. The Kier molecular flexibility index (Phi) is 7.46. The van der Waals surface area contributed by atoms with Crippen LogP contribution < -0.4 is 4.90 Å². The highest BCUT2D eigenvalue weighted by atomic mass is 79.9. The van der Waals surface area contributed by atoms with E-state index in [0.29, 0.717) is 51.0 Å². The van der Waals surface area contributed by atoms with Crippen molar-refractivity contribution in [3.05, 3.63) is 129 Å². The zero-order valence-corrected chi connectivity index (χ0v) is 24.9. The minimum absolute atomic E-state index is 0.267. The van der Waals surface area contributed by atoms with Crippen LogP contribution in [0.25, 0.3) is 22.2 Å². The number of pyridine rings is 1. The number of nitrogens with zero attached hydrogens (tertiary/aromatic N) is 2. The first-order valence-corrected chi connectivity index (χ1v) is 14.6. The highest BCUT2D eigenvalue weighted by Gasteiger charge is 2.36. The number of aromatic nitrogens is 1. The van der Waals surface area contributed by atoms with Crippen molar-refractivity contribution in [1.82, 2.24) is 4.98 Å². The van der Waals surface area contributed by atoms with Gasteiger partial charge in [0.15, 0.2) is 6.10 Å². The van der Waals surface area contributed by atoms with E-state index >= 15 is 0 Å². The summed E-state index contributed by atoms with van der Waals surface area (Å²) in [6.07, 6.45) is -0.633. The summed E-state index contributed by atoms with van der Waals surface area (Å²) in [5, 5.41) is 0.588. The number of aryl methyl sites for hydroxylation is 1. The fourth-order valence-corrected chi connectivity index (χ4v) is 5.85. The number of ketones is 1. The maximum Gasteiger partial charge on any atom is 0.339 e. The molecule has 5 aromatic rings. The third kappa shape index (κ3) is 5.15. The molecule has 0 fully saturated rings. The largest absolute Gasteiger partial charge is 0.450 e. The summed E-state index contributed by atoms with van der Waals surface area (Å²) in [4.78, 5) is 58.7. The Bertz CT molecular complexity index is 1900. The first kappa shape index (κ1) is 28.2. The van der Waals surface area contributed by atoms with Crippen LogP contribution in [0, 0.1) is 6.92 Å². The Morgan fingerprint density at radius 1 is 0.860 bits per heavy atom.